The maximum absolute atomic E-state index is 12.3. The lowest BCUT2D eigenvalue weighted by atomic mass is 10.1. The third kappa shape index (κ3) is 4.22. The van der Waals surface area contributed by atoms with Gasteiger partial charge in [-0.15, -0.1) is 0 Å². The molecule has 0 unspecified atom stereocenters. The number of nitrogens with one attached hydrogen (secondary N) is 1. The fourth-order valence-electron chi connectivity index (χ4n) is 2.10. The highest BCUT2D eigenvalue weighted by Gasteiger charge is 2.08. The second-order valence-corrected chi connectivity index (χ2v) is 5.33. The van der Waals surface area contributed by atoms with E-state index in [4.69, 9.17) is 4.74 Å². The van der Waals surface area contributed by atoms with Crippen LogP contribution in [0.3, 0.4) is 0 Å². The summed E-state index contributed by atoms with van der Waals surface area (Å²) in [6.07, 6.45) is 6.43. The number of H-pyrrole nitrogens is 1. The number of aromatic amines is 1. The van der Waals surface area contributed by atoms with E-state index in [0.29, 0.717) is 17.9 Å². The van der Waals surface area contributed by atoms with E-state index in [1.54, 1.807) is 13.2 Å². The average molecular weight is 295 g/mol. The summed E-state index contributed by atoms with van der Waals surface area (Å²) in [5.41, 5.74) is 3.62. The number of methoxy groups -OCH3 is 1. The molecule has 3 nitrogen and oxygen atoms in total. The van der Waals surface area contributed by atoms with E-state index in [-0.39, 0.29) is 5.43 Å². The van der Waals surface area contributed by atoms with Gasteiger partial charge in [0.25, 0.3) is 0 Å². The zero-order valence-corrected chi connectivity index (χ0v) is 13.2. The van der Waals surface area contributed by atoms with Gasteiger partial charge in [-0.25, -0.2) is 0 Å². The van der Waals surface area contributed by atoms with E-state index in [2.05, 4.69) is 4.98 Å². The van der Waals surface area contributed by atoms with Gasteiger partial charge in [0.05, 0.1) is 12.7 Å². The van der Waals surface area contributed by atoms with Gasteiger partial charge < -0.3 is 9.72 Å². The summed E-state index contributed by atoms with van der Waals surface area (Å²) in [5, 5.41) is 0. The molecule has 0 bridgehead atoms. The van der Waals surface area contributed by atoms with Crippen LogP contribution >= 0.6 is 0 Å². The van der Waals surface area contributed by atoms with Gasteiger partial charge in [-0.05, 0) is 31.9 Å². The third-order valence-corrected chi connectivity index (χ3v) is 3.29. The van der Waals surface area contributed by atoms with Crippen LogP contribution in [0.1, 0.15) is 30.7 Å². The predicted octanol–water partition coefficient (Wildman–Crippen LogP) is 4.06. The molecule has 0 fully saturated rings. The van der Waals surface area contributed by atoms with Gasteiger partial charge in [0.1, 0.15) is 0 Å². The molecule has 114 valence electrons. The summed E-state index contributed by atoms with van der Waals surface area (Å²) in [7, 11) is 1.57. The first-order chi connectivity index (χ1) is 10.6. The molecule has 0 amide bonds. The van der Waals surface area contributed by atoms with Gasteiger partial charge >= 0.3 is 0 Å². The van der Waals surface area contributed by atoms with Gasteiger partial charge in [-0.3, -0.25) is 4.79 Å². The summed E-state index contributed by atoms with van der Waals surface area (Å²) >= 11 is 0. The first kappa shape index (κ1) is 15.8. The number of rotatable bonds is 5. The van der Waals surface area contributed by atoms with E-state index < -0.39 is 0 Å². The van der Waals surface area contributed by atoms with Gasteiger partial charge in [0, 0.05) is 11.8 Å². The van der Waals surface area contributed by atoms with E-state index in [1.807, 2.05) is 62.4 Å². The van der Waals surface area contributed by atoms with Crippen LogP contribution in [-0.2, 0) is 6.42 Å². The number of hydrogen-bond acceptors (Lipinski definition) is 2. The van der Waals surface area contributed by atoms with Gasteiger partial charge in [0.15, 0.2) is 11.3 Å². The average Bonchev–Trinajstić information content (AvgIpc) is 2.52. The lowest BCUT2D eigenvalue weighted by molar-refractivity contribution is 0.392. The Bertz CT molecular complexity index is 736. The Morgan fingerprint density at radius 1 is 1.18 bits per heavy atom. The Morgan fingerprint density at radius 3 is 2.55 bits per heavy atom. The minimum absolute atomic E-state index is 0.0131. The Labute approximate surface area is 131 Å². The zero-order chi connectivity index (χ0) is 15.9. The fourth-order valence-corrected chi connectivity index (χ4v) is 2.10. The molecule has 0 radical (unpaired) electrons. The first-order valence-electron chi connectivity index (χ1n) is 7.27. The zero-order valence-electron chi connectivity index (χ0n) is 13.2. The summed E-state index contributed by atoms with van der Waals surface area (Å²) < 4.78 is 5.33. The summed E-state index contributed by atoms with van der Waals surface area (Å²) in [6, 6.07) is 11.6. The molecule has 22 heavy (non-hydrogen) atoms. The molecule has 1 aromatic heterocycles. The van der Waals surface area contributed by atoms with Crippen molar-refractivity contribution in [1.82, 2.24) is 4.98 Å². The van der Waals surface area contributed by atoms with Crippen LogP contribution in [-0.4, -0.2) is 12.1 Å². The van der Waals surface area contributed by atoms with Gasteiger partial charge in [-0.2, -0.15) is 0 Å². The topological polar surface area (TPSA) is 42.1 Å². The van der Waals surface area contributed by atoms with E-state index >= 15 is 0 Å². The number of ether oxygens (including phenoxy) is 1. The van der Waals surface area contributed by atoms with Crippen LogP contribution in [0.25, 0.3) is 12.2 Å². The maximum Gasteiger partial charge on any atom is 0.198 e. The molecule has 0 aliphatic heterocycles. The normalized spacial score (nSPS) is 10.7. The molecule has 1 N–H and O–H groups in total. The van der Waals surface area contributed by atoms with Crippen molar-refractivity contribution < 1.29 is 4.74 Å². The number of benzene rings is 1. The number of pyridine rings is 1. The van der Waals surface area contributed by atoms with Crippen molar-refractivity contribution >= 4 is 12.2 Å². The molecular formula is C19H21NO2. The lowest BCUT2D eigenvalue weighted by Crippen LogP contribution is -2.12. The molecule has 3 heteroatoms. The second-order valence-electron chi connectivity index (χ2n) is 5.33. The Kier molecular flexibility index (Phi) is 5.37. The van der Waals surface area contributed by atoms with Crippen molar-refractivity contribution in [2.24, 2.45) is 0 Å². The van der Waals surface area contributed by atoms with Gasteiger partial charge in [0.2, 0.25) is 0 Å². The molecule has 0 saturated carbocycles. The number of allylic oxidation sites excluding steroid dienone is 2. The smallest absolute Gasteiger partial charge is 0.198 e. The minimum atomic E-state index is -0.0131. The van der Waals surface area contributed by atoms with Crippen LogP contribution in [0.5, 0.6) is 5.88 Å². The van der Waals surface area contributed by atoms with Crippen molar-refractivity contribution in [2.45, 2.75) is 20.3 Å². The standard InChI is InChI=1S/C19H21NO2/c1-14(2)9-12-17-18(21)13-16(20-19(17)22-3)11-10-15-7-5-4-6-8-15/h4-11,13H,12H2,1-3H3,(H,20,21)/b11-10-. The summed E-state index contributed by atoms with van der Waals surface area (Å²) in [6.45, 7) is 4.02. The van der Waals surface area contributed by atoms with Crippen molar-refractivity contribution in [3.63, 3.8) is 0 Å². The molecule has 0 saturated heterocycles. The van der Waals surface area contributed by atoms with Crippen molar-refractivity contribution in [1.29, 1.82) is 0 Å². The van der Waals surface area contributed by atoms with Crippen molar-refractivity contribution in [3.05, 3.63) is 75.1 Å². The first-order valence-corrected chi connectivity index (χ1v) is 7.27. The predicted molar refractivity (Wildman–Crippen MR) is 92.1 cm³/mol. The second kappa shape index (κ2) is 7.46. The highest BCUT2D eigenvalue weighted by Crippen LogP contribution is 2.15. The molecule has 0 atom stereocenters. The Hall–Kier alpha value is -2.55. The number of aromatic nitrogens is 1. The van der Waals surface area contributed by atoms with Crippen LogP contribution < -0.4 is 10.2 Å². The molecule has 0 aliphatic carbocycles. The SMILES string of the molecule is COc1[nH]c(/C=C\c2ccccc2)cc(=O)c1CC=C(C)C. The lowest BCUT2D eigenvalue weighted by Gasteiger charge is -2.07. The highest BCUT2D eigenvalue weighted by atomic mass is 16.5. The maximum atomic E-state index is 12.3. The molecule has 0 aliphatic rings. The third-order valence-electron chi connectivity index (χ3n) is 3.29. The van der Waals surface area contributed by atoms with Crippen LogP contribution in [0.4, 0.5) is 0 Å². The van der Waals surface area contributed by atoms with E-state index in [9.17, 15) is 4.79 Å². The van der Waals surface area contributed by atoms with Crippen molar-refractivity contribution in [3.8, 4) is 5.88 Å². The van der Waals surface area contributed by atoms with E-state index in [1.165, 1.54) is 5.57 Å². The molecule has 2 aromatic rings. The summed E-state index contributed by atoms with van der Waals surface area (Å²) in [5.74, 6) is 0.526. The Morgan fingerprint density at radius 2 is 1.91 bits per heavy atom. The number of hydrogen-bond donors (Lipinski definition) is 1. The molecule has 0 spiro atoms. The molecule has 1 aromatic carbocycles. The monoisotopic (exact) mass is 295 g/mol. The highest BCUT2D eigenvalue weighted by molar-refractivity contribution is 5.68. The Balaban J connectivity index is 2.32. The quantitative estimate of drug-likeness (QED) is 0.845. The minimum Gasteiger partial charge on any atom is -0.482 e. The largest absolute Gasteiger partial charge is 0.482 e. The molecule has 2 rings (SSSR count). The molecular weight excluding hydrogens is 274 g/mol. The van der Waals surface area contributed by atoms with Crippen molar-refractivity contribution in [2.75, 3.05) is 7.11 Å². The molecule has 1 heterocycles. The van der Waals surface area contributed by atoms with Gasteiger partial charge in [-0.1, -0.05) is 48.1 Å². The van der Waals surface area contributed by atoms with Crippen LogP contribution in [0, 0.1) is 0 Å². The van der Waals surface area contributed by atoms with Crippen LogP contribution in [0.2, 0.25) is 0 Å². The van der Waals surface area contributed by atoms with E-state index in [0.717, 1.165) is 11.3 Å². The fraction of sp³-hybridized carbons (Fsp3) is 0.211. The summed E-state index contributed by atoms with van der Waals surface area (Å²) in [4.78, 5) is 15.4. The van der Waals surface area contributed by atoms with Crippen LogP contribution in [0.15, 0.2) is 52.8 Å².